The van der Waals surface area contributed by atoms with Gasteiger partial charge in [0.05, 0.1) is 36.0 Å². The summed E-state index contributed by atoms with van der Waals surface area (Å²) in [5, 5.41) is 0. The van der Waals surface area contributed by atoms with Crippen LogP contribution < -0.4 is 0 Å². The van der Waals surface area contributed by atoms with Gasteiger partial charge >= 0.3 is 0 Å². The number of hydrogen-bond acceptors (Lipinski definition) is 2. The first-order valence-electron chi connectivity index (χ1n) is 16.9. The summed E-state index contributed by atoms with van der Waals surface area (Å²) in [5.41, 5.74) is 4.55. The van der Waals surface area contributed by atoms with Crippen LogP contribution in [0.5, 0.6) is 0 Å². The summed E-state index contributed by atoms with van der Waals surface area (Å²) >= 11 is 0. The molecule has 0 aromatic heterocycles. The minimum atomic E-state index is -0.0912. The molecule has 0 unspecified atom stereocenters. The van der Waals surface area contributed by atoms with Crippen LogP contribution in [-0.2, 0) is 9.59 Å². The largest absolute Gasteiger partial charge is 0.328 e. The lowest BCUT2D eigenvalue weighted by Crippen LogP contribution is -2.60. The molecule has 2 amide bonds. The third-order valence-electron chi connectivity index (χ3n) is 9.78. The van der Waals surface area contributed by atoms with Gasteiger partial charge in [0.2, 0.25) is 11.8 Å². The lowest BCUT2D eigenvalue weighted by Gasteiger charge is -2.49. The van der Waals surface area contributed by atoms with E-state index in [0.29, 0.717) is 6.42 Å². The van der Waals surface area contributed by atoms with Gasteiger partial charge in [0.15, 0.2) is 0 Å². The molecule has 2 aliphatic heterocycles. The number of hydrogen-bond donors (Lipinski definition) is 0. The first-order valence-corrected chi connectivity index (χ1v) is 16.9. The third kappa shape index (κ3) is 7.23. The van der Waals surface area contributed by atoms with E-state index in [9.17, 15) is 9.59 Å². The molecule has 4 aromatic rings. The number of β-lactam (4-membered cyclic amide) rings is 2. The van der Waals surface area contributed by atoms with E-state index in [4.69, 9.17) is 0 Å². The second-order valence-electron chi connectivity index (χ2n) is 12.7. The Bertz CT molecular complexity index is 1700. The number of nitrogens with zero attached hydrogens (tertiary/aromatic N) is 2. The van der Waals surface area contributed by atoms with Crippen molar-refractivity contribution in [2.75, 3.05) is 0 Å². The fourth-order valence-corrected chi connectivity index (χ4v) is 7.05. The van der Waals surface area contributed by atoms with E-state index >= 15 is 0 Å². The molecule has 4 aromatic carbocycles. The number of benzene rings is 4. The van der Waals surface area contributed by atoms with Crippen molar-refractivity contribution >= 4 is 24.0 Å². The highest BCUT2D eigenvalue weighted by atomic mass is 16.2. The molecule has 0 radical (unpaired) electrons. The predicted octanol–water partition coefficient (Wildman–Crippen LogP) is 9.32. The Labute approximate surface area is 279 Å². The minimum Gasteiger partial charge on any atom is -0.328 e. The van der Waals surface area contributed by atoms with Crippen molar-refractivity contribution in [3.05, 3.63) is 168 Å². The number of amides is 2. The highest BCUT2D eigenvalue weighted by molar-refractivity contribution is 5.88. The highest BCUT2D eigenvalue weighted by Crippen LogP contribution is 2.40. The molecule has 6 rings (SSSR count). The van der Waals surface area contributed by atoms with E-state index in [1.807, 2.05) is 82.6 Å². The number of allylic oxidation sites excluding steroid dienone is 2. The van der Waals surface area contributed by atoms with Gasteiger partial charge in [-0.25, -0.2) is 0 Å². The molecule has 2 heterocycles. The predicted molar refractivity (Wildman–Crippen MR) is 192 cm³/mol. The Kier molecular flexibility index (Phi) is 10.3. The molecule has 4 heteroatoms. The van der Waals surface area contributed by atoms with E-state index in [-0.39, 0.29) is 47.8 Å². The molecular weight excluding hydrogens is 576 g/mol. The van der Waals surface area contributed by atoms with Gasteiger partial charge < -0.3 is 9.80 Å². The van der Waals surface area contributed by atoms with Crippen LogP contribution in [0.2, 0.25) is 0 Å². The smallest absolute Gasteiger partial charge is 0.229 e. The molecule has 47 heavy (non-hydrogen) atoms. The summed E-state index contributed by atoms with van der Waals surface area (Å²) in [4.78, 5) is 31.1. The van der Waals surface area contributed by atoms with Crippen molar-refractivity contribution in [2.45, 2.75) is 57.3 Å². The van der Waals surface area contributed by atoms with Crippen molar-refractivity contribution in [3.8, 4) is 0 Å². The Morgan fingerprint density at radius 1 is 0.553 bits per heavy atom. The van der Waals surface area contributed by atoms with Gasteiger partial charge in [-0.05, 0) is 55.4 Å². The summed E-state index contributed by atoms with van der Waals surface area (Å²) in [6, 6.07) is 41.1. The second-order valence-corrected chi connectivity index (χ2v) is 12.7. The summed E-state index contributed by atoms with van der Waals surface area (Å²) in [6.45, 7) is 4.23. The zero-order valence-electron chi connectivity index (χ0n) is 27.3. The molecule has 238 valence electrons. The molecule has 2 fully saturated rings. The maximum Gasteiger partial charge on any atom is 0.229 e. The molecule has 0 spiro atoms. The van der Waals surface area contributed by atoms with Crippen LogP contribution in [0.1, 0.15) is 67.4 Å². The van der Waals surface area contributed by atoms with Crippen LogP contribution in [-0.4, -0.2) is 33.7 Å². The quantitative estimate of drug-likeness (QED) is 0.110. The molecule has 0 aliphatic carbocycles. The lowest BCUT2D eigenvalue weighted by atomic mass is 9.80. The number of carbonyl (C=O) groups excluding carboxylic acids is 2. The van der Waals surface area contributed by atoms with Crippen molar-refractivity contribution in [1.82, 2.24) is 9.80 Å². The van der Waals surface area contributed by atoms with Gasteiger partial charge in [-0.2, -0.15) is 0 Å². The van der Waals surface area contributed by atoms with Crippen LogP contribution >= 0.6 is 0 Å². The van der Waals surface area contributed by atoms with Gasteiger partial charge in [0.1, 0.15) is 0 Å². The molecule has 6 atom stereocenters. The van der Waals surface area contributed by atoms with Gasteiger partial charge in [-0.15, -0.1) is 0 Å². The van der Waals surface area contributed by atoms with E-state index < -0.39 is 0 Å². The number of likely N-dealkylation sites (tertiary alicyclic amines) is 2. The van der Waals surface area contributed by atoms with Gasteiger partial charge in [0, 0.05) is 0 Å². The Balaban J connectivity index is 1.11. The normalized spacial score (nSPS) is 22.5. The zero-order valence-corrected chi connectivity index (χ0v) is 27.3. The van der Waals surface area contributed by atoms with E-state index in [2.05, 4.69) is 98.8 Å². The third-order valence-corrected chi connectivity index (χ3v) is 9.78. The van der Waals surface area contributed by atoms with Gasteiger partial charge in [-0.1, -0.05) is 158 Å². The Morgan fingerprint density at radius 3 is 1.43 bits per heavy atom. The summed E-state index contributed by atoms with van der Waals surface area (Å²) in [7, 11) is 0. The fraction of sp³-hybridized carbons (Fsp3) is 0.256. The summed E-state index contributed by atoms with van der Waals surface area (Å²) < 4.78 is 0. The number of rotatable bonds is 13. The van der Waals surface area contributed by atoms with Crippen LogP contribution in [0, 0.1) is 11.8 Å². The second kappa shape index (κ2) is 15.1. The molecular formula is C43H44N2O2. The summed E-state index contributed by atoms with van der Waals surface area (Å²) in [6.07, 6.45) is 15.2. The van der Waals surface area contributed by atoms with E-state index in [0.717, 1.165) is 35.1 Å². The van der Waals surface area contributed by atoms with Crippen LogP contribution in [0.3, 0.4) is 0 Å². The van der Waals surface area contributed by atoms with Crippen LogP contribution in [0.15, 0.2) is 146 Å². The van der Waals surface area contributed by atoms with Crippen molar-refractivity contribution in [2.24, 2.45) is 11.8 Å². The maximum atomic E-state index is 13.5. The minimum absolute atomic E-state index is 0.001000. The van der Waals surface area contributed by atoms with Gasteiger partial charge in [-0.3, -0.25) is 9.59 Å². The number of carbonyl (C=O) groups is 2. The molecule has 0 N–H and O–H groups in total. The molecule has 0 bridgehead atoms. The molecule has 0 saturated carbocycles. The molecule has 2 aliphatic rings. The Hall–Kier alpha value is -4.96. The Morgan fingerprint density at radius 2 is 0.957 bits per heavy atom. The average molecular weight is 621 g/mol. The monoisotopic (exact) mass is 620 g/mol. The van der Waals surface area contributed by atoms with Crippen molar-refractivity contribution in [3.63, 3.8) is 0 Å². The first-order chi connectivity index (χ1) is 23.0. The first kappa shape index (κ1) is 32.0. The highest BCUT2D eigenvalue weighted by Gasteiger charge is 2.48. The maximum absolute atomic E-state index is 13.5. The topological polar surface area (TPSA) is 40.6 Å². The van der Waals surface area contributed by atoms with Crippen molar-refractivity contribution in [1.29, 1.82) is 0 Å². The average Bonchev–Trinajstić information content (AvgIpc) is 3.12. The standard InChI is InChI=1S/C43H44N2O2/c1-32(36-22-12-5-13-23-36)44-40(30-28-34-18-8-3-9-19-34)38(42(44)46)26-16-7-17-27-39-41(31-29-35-20-10-4-11-21-35)45(43(39)47)33(2)37-24-14-6-15-25-37/h3-16,18-25,28-33,38-41H,17,26-27H2,1-2H3/b16-7+,30-28+,31-29+/t32-,33+,38+,39-,40+,41-/m0/s1. The SMILES string of the molecule is C[C@H](c1ccccc1)N1C(=O)[C@@H](CC/C=C/C[C@H]2C(=O)N([C@@H](C)c3ccccc3)[C@@H]2/C=C/c2ccccc2)[C@@H]1/C=C/c1ccccc1. The van der Waals surface area contributed by atoms with E-state index in [1.54, 1.807) is 0 Å². The molecule has 4 nitrogen and oxygen atoms in total. The molecule has 2 saturated heterocycles. The van der Waals surface area contributed by atoms with Crippen LogP contribution in [0.25, 0.3) is 12.2 Å². The summed E-state index contributed by atoms with van der Waals surface area (Å²) in [5.74, 6) is 0.259. The van der Waals surface area contributed by atoms with Crippen LogP contribution in [0.4, 0.5) is 0 Å². The van der Waals surface area contributed by atoms with E-state index in [1.165, 1.54) is 0 Å². The zero-order chi connectivity index (χ0) is 32.6. The van der Waals surface area contributed by atoms with Gasteiger partial charge in [0.25, 0.3) is 0 Å². The fourth-order valence-electron chi connectivity index (χ4n) is 7.05. The lowest BCUT2D eigenvalue weighted by molar-refractivity contribution is -0.157. The van der Waals surface area contributed by atoms with Crippen molar-refractivity contribution < 1.29 is 9.59 Å².